The van der Waals surface area contributed by atoms with Crippen LogP contribution >= 0.6 is 0 Å². The van der Waals surface area contributed by atoms with E-state index in [9.17, 15) is 9.18 Å². The van der Waals surface area contributed by atoms with Gasteiger partial charge in [0.15, 0.2) is 0 Å². The van der Waals surface area contributed by atoms with Crippen molar-refractivity contribution >= 4 is 5.91 Å². The van der Waals surface area contributed by atoms with Gasteiger partial charge in [-0.1, -0.05) is 20.8 Å². The molecular weight excluding hydrogens is 419 g/mol. The van der Waals surface area contributed by atoms with Crippen molar-refractivity contribution in [3.05, 3.63) is 0 Å². The second kappa shape index (κ2) is 19.6. The van der Waals surface area contributed by atoms with E-state index in [1.807, 2.05) is 0 Å². The highest BCUT2D eigenvalue weighted by atomic mass is 19.1. The summed E-state index contributed by atoms with van der Waals surface area (Å²) < 4.78 is 41.7. The van der Waals surface area contributed by atoms with Gasteiger partial charge >= 0.3 is 0 Å². The highest BCUT2D eigenvalue weighted by Gasteiger charge is 2.30. The molecule has 0 aliphatic heterocycles. The molecule has 9 heteroatoms. The first kappa shape index (κ1) is 31.2. The summed E-state index contributed by atoms with van der Waals surface area (Å²) in [7, 11) is 0. The predicted octanol–water partition coefficient (Wildman–Crippen LogP) is 2.35. The summed E-state index contributed by atoms with van der Waals surface area (Å²) in [5.41, 5.74) is -1.00. The first-order valence-corrected chi connectivity index (χ1v) is 11.8. The van der Waals surface area contributed by atoms with Crippen molar-refractivity contribution in [1.82, 2.24) is 10.6 Å². The standard InChI is InChI=1S/C23H47FN2O6/c1-7-20(4)25-8-9-28-10-11-29-12-13-30-14-15-31-16-17-32-23(5,6)21(24)18-26-22(27)19(2)3/h19-21,25H,7-18H2,1-6H3,(H,26,27). The van der Waals surface area contributed by atoms with Crippen LogP contribution in [0.3, 0.4) is 0 Å². The number of ether oxygens (including phenoxy) is 5. The van der Waals surface area contributed by atoms with Crippen molar-refractivity contribution in [1.29, 1.82) is 0 Å². The zero-order valence-electron chi connectivity index (χ0n) is 21.0. The molecule has 0 saturated heterocycles. The molecule has 0 spiro atoms. The van der Waals surface area contributed by atoms with Crippen LogP contribution in [0.5, 0.6) is 0 Å². The minimum atomic E-state index is -1.31. The monoisotopic (exact) mass is 466 g/mol. The lowest BCUT2D eigenvalue weighted by molar-refractivity contribution is -0.125. The first-order chi connectivity index (χ1) is 15.2. The smallest absolute Gasteiger partial charge is 0.222 e. The lowest BCUT2D eigenvalue weighted by Crippen LogP contribution is -2.45. The van der Waals surface area contributed by atoms with Crippen LogP contribution in [-0.4, -0.2) is 96.3 Å². The van der Waals surface area contributed by atoms with E-state index in [1.54, 1.807) is 27.7 Å². The zero-order valence-corrected chi connectivity index (χ0v) is 21.0. The highest BCUT2D eigenvalue weighted by Crippen LogP contribution is 2.17. The Morgan fingerprint density at radius 1 is 0.844 bits per heavy atom. The third kappa shape index (κ3) is 17.7. The highest BCUT2D eigenvalue weighted by molar-refractivity contribution is 5.77. The van der Waals surface area contributed by atoms with Crippen LogP contribution in [0.4, 0.5) is 4.39 Å². The second-order valence-corrected chi connectivity index (χ2v) is 8.53. The number of alkyl halides is 1. The van der Waals surface area contributed by atoms with E-state index < -0.39 is 11.8 Å². The van der Waals surface area contributed by atoms with Gasteiger partial charge in [-0.15, -0.1) is 0 Å². The van der Waals surface area contributed by atoms with Gasteiger partial charge in [0.2, 0.25) is 5.91 Å². The van der Waals surface area contributed by atoms with Crippen LogP contribution in [0.25, 0.3) is 0 Å². The predicted molar refractivity (Wildman–Crippen MR) is 124 cm³/mol. The maximum Gasteiger partial charge on any atom is 0.222 e. The quantitative estimate of drug-likeness (QED) is 0.237. The van der Waals surface area contributed by atoms with Crippen molar-refractivity contribution in [2.24, 2.45) is 5.92 Å². The van der Waals surface area contributed by atoms with Gasteiger partial charge in [-0.2, -0.15) is 0 Å². The van der Waals surface area contributed by atoms with Crippen LogP contribution < -0.4 is 10.6 Å². The summed E-state index contributed by atoms with van der Waals surface area (Å²) in [6.45, 7) is 16.3. The number of nitrogens with one attached hydrogen (secondary N) is 2. The lowest BCUT2D eigenvalue weighted by Gasteiger charge is -2.29. The lowest BCUT2D eigenvalue weighted by atomic mass is 10.0. The normalized spacial score (nSPS) is 14.0. The fourth-order valence-electron chi connectivity index (χ4n) is 2.38. The van der Waals surface area contributed by atoms with E-state index in [-0.39, 0.29) is 25.0 Å². The van der Waals surface area contributed by atoms with E-state index in [1.165, 1.54) is 0 Å². The van der Waals surface area contributed by atoms with Crippen molar-refractivity contribution < 1.29 is 32.9 Å². The Hall–Kier alpha value is -0.840. The Balaban J connectivity index is 3.45. The van der Waals surface area contributed by atoms with Crippen LogP contribution in [-0.2, 0) is 28.5 Å². The average Bonchev–Trinajstić information content (AvgIpc) is 2.76. The molecule has 2 N–H and O–H groups in total. The van der Waals surface area contributed by atoms with E-state index in [0.717, 1.165) is 13.0 Å². The molecule has 0 rings (SSSR count). The maximum absolute atomic E-state index is 14.3. The molecule has 2 atom stereocenters. The van der Waals surface area contributed by atoms with Crippen LogP contribution in [0.1, 0.15) is 48.0 Å². The molecule has 2 unspecified atom stereocenters. The maximum atomic E-state index is 14.3. The molecule has 0 bridgehead atoms. The number of amides is 1. The molecule has 0 fully saturated rings. The molecular formula is C23H47FN2O6. The number of carbonyl (C=O) groups is 1. The molecule has 0 aromatic heterocycles. The largest absolute Gasteiger partial charge is 0.378 e. The van der Waals surface area contributed by atoms with Crippen molar-refractivity contribution in [3.8, 4) is 0 Å². The Morgan fingerprint density at radius 3 is 1.78 bits per heavy atom. The summed E-state index contributed by atoms with van der Waals surface area (Å²) in [6, 6.07) is 0.521. The number of hydrogen-bond donors (Lipinski definition) is 2. The molecule has 0 radical (unpaired) electrons. The van der Waals surface area contributed by atoms with Crippen molar-refractivity contribution in [2.45, 2.75) is 65.8 Å². The number of hydrogen-bond acceptors (Lipinski definition) is 7. The van der Waals surface area contributed by atoms with Gasteiger partial charge in [0.05, 0.1) is 71.6 Å². The van der Waals surface area contributed by atoms with Crippen molar-refractivity contribution in [2.75, 3.05) is 72.6 Å². The Kier molecular flexibility index (Phi) is 19.1. The minimum Gasteiger partial charge on any atom is -0.378 e. The Bertz CT molecular complexity index is 454. The van der Waals surface area contributed by atoms with Gasteiger partial charge in [0.25, 0.3) is 0 Å². The third-order valence-electron chi connectivity index (χ3n) is 4.90. The average molecular weight is 467 g/mol. The number of rotatable bonds is 22. The van der Waals surface area contributed by atoms with Gasteiger partial charge in [-0.3, -0.25) is 4.79 Å². The molecule has 0 aliphatic rings. The fourth-order valence-corrected chi connectivity index (χ4v) is 2.38. The molecule has 0 aliphatic carbocycles. The summed E-state index contributed by atoms with van der Waals surface area (Å²) in [5, 5.41) is 5.95. The molecule has 1 amide bonds. The zero-order chi connectivity index (χ0) is 24.2. The van der Waals surface area contributed by atoms with Crippen molar-refractivity contribution in [3.63, 3.8) is 0 Å². The van der Waals surface area contributed by atoms with Crippen LogP contribution in [0, 0.1) is 5.92 Å². The van der Waals surface area contributed by atoms with Crippen LogP contribution in [0.2, 0.25) is 0 Å². The molecule has 0 saturated carbocycles. The first-order valence-electron chi connectivity index (χ1n) is 11.8. The molecule has 192 valence electrons. The van der Waals surface area contributed by atoms with Crippen LogP contribution in [0.15, 0.2) is 0 Å². The Morgan fingerprint density at radius 2 is 1.31 bits per heavy atom. The van der Waals surface area contributed by atoms with Gasteiger partial charge in [-0.25, -0.2) is 4.39 Å². The summed E-state index contributed by atoms with van der Waals surface area (Å²) in [6.07, 6.45) is -0.194. The second-order valence-electron chi connectivity index (χ2n) is 8.53. The topological polar surface area (TPSA) is 87.3 Å². The van der Waals surface area contributed by atoms with Gasteiger partial charge in [-0.05, 0) is 27.2 Å². The number of carbonyl (C=O) groups excluding carboxylic acids is 1. The minimum absolute atomic E-state index is 0.0671. The molecule has 32 heavy (non-hydrogen) atoms. The molecule has 0 aromatic carbocycles. The SMILES string of the molecule is CCC(C)NCCOCCOCCOCCOCCOC(C)(C)C(F)CNC(=O)C(C)C. The summed E-state index contributed by atoms with van der Waals surface area (Å²) in [5.74, 6) is -0.343. The van der Waals surface area contributed by atoms with E-state index in [2.05, 4.69) is 24.5 Å². The van der Waals surface area contributed by atoms with Gasteiger partial charge in [0.1, 0.15) is 6.17 Å². The molecule has 0 heterocycles. The van der Waals surface area contributed by atoms with Gasteiger partial charge < -0.3 is 34.3 Å². The van der Waals surface area contributed by atoms with E-state index in [0.29, 0.717) is 58.9 Å². The summed E-state index contributed by atoms with van der Waals surface area (Å²) >= 11 is 0. The molecule has 0 aromatic rings. The van der Waals surface area contributed by atoms with Gasteiger partial charge in [0, 0.05) is 18.5 Å². The Labute approximate surface area is 194 Å². The summed E-state index contributed by atoms with van der Waals surface area (Å²) in [4.78, 5) is 11.5. The van der Waals surface area contributed by atoms with E-state index in [4.69, 9.17) is 23.7 Å². The molecule has 8 nitrogen and oxygen atoms in total. The number of halogens is 1. The third-order valence-corrected chi connectivity index (χ3v) is 4.90. The van der Waals surface area contributed by atoms with E-state index >= 15 is 0 Å². The fraction of sp³-hybridized carbons (Fsp3) is 0.957.